The molecule has 0 aromatic carbocycles. The number of halogens is 2. The van der Waals surface area contributed by atoms with Crippen molar-refractivity contribution in [3.8, 4) is 17.1 Å². The Balaban J connectivity index is 1.71. The first-order valence-electron chi connectivity index (χ1n) is 9.99. The highest BCUT2D eigenvalue weighted by Gasteiger charge is 2.45. The molecule has 170 valence electrons. The van der Waals surface area contributed by atoms with Crippen molar-refractivity contribution in [2.24, 2.45) is 5.41 Å². The molecule has 1 aliphatic heterocycles. The van der Waals surface area contributed by atoms with Crippen molar-refractivity contribution in [3.63, 3.8) is 0 Å². The van der Waals surface area contributed by atoms with Crippen molar-refractivity contribution in [2.75, 3.05) is 11.5 Å². The summed E-state index contributed by atoms with van der Waals surface area (Å²) < 4.78 is 54.4. The molecule has 0 aliphatic carbocycles. The van der Waals surface area contributed by atoms with Crippen molar-refractivity contribution < 1.29 is 26.7 Å². The summed E-state index contributed by atoms with van der Waals surface area (Å²) in [6.45, 7) is 2.65. The number of carbonyl (C=O) groups excluding carboxylic acids is 1. The van der Waals surface area contributed by atoms with Gasteiger partial charge >= 0.3 is 6.61 Å². The fourth-order valence-corrected chi connectivity index (χ4v) is 6.31. The van der Waals surface area contributed by atoms with Crippen LogP contribution in [0, 0.1) is 5.41 Å². The largest absolute Gasteiger partial charge is 0.435 e. The van der Waals surface area contributed by atoms with Gasteiger partial charge in [-0.05, 0) is 26.0 Å². The molecule has 4 rings (SSSR count). The van der Waals surface area contributed by atoms with E-state index >= 15 is 0 Å². The first-order chi connectivity index (χ1) is 15.0. The molecule has 0 N–H and O–H groups in total. The lowest BCUT2D eigenvalue weighted by molar-refractivity contribution is -0.0498. The van der Waals surface area contributed by atoms with E-state index in [9.17, 15) is 22.0 Å². The molecule has 3 aromatic heterocycles. The Morgan fingerprint density at radius 3 is 2.59 bits per heavy atom. The molecule has 0 atom stereocenters. The maximum Gasteiger partial charge on any atom is 0.387 e. The van der Waals surface area contributed by atoms with Crippen molar-refractivity contribution in [3.05, 3.63) is 36.2 Å². The van der Waals surface area contributed by atoms with Gasteiger partial charge < -0.3 is 4.74 Å². The van der Waals surface area contributed by atoms with Gasteiger partial charge in [0.1, 0.15) is 17.0 Å². The predicted octanol–water partition coefficient (Wildman–Crippen LogP) is 3.68. The van der Waals surface area contributed by atoms with E-state index < -0.39 is 21.9 Å². The Hall–Kier alpha value is -2.95. The van der Waals surface area contributed by atoms with Crippen molar-refractivity contribution >= 4 is 26.7 Å². The zero-order chi connectivity index (χ0) is 23.3. The first-order valence-corrected chi connectivity index (χ1v) is 11.8. The smallest absolute Gasteiger partial charge is 0.387 e. The second kappa shape index (κ2) is 7.88. The normalized spacial score (nSPS) is 17.0. The third-order valence-corrected chi connectivity index (χ3v) is 7.55. The fourth-order valence-electron chi connectivity index (χ4n) is 4.07. The zero-order valence-corrected chi connectivity index (χ0v) is 18.6. The summed E-state index contributed by atoms with van der Waals surface area (Å²) in [4.78, 5) is 21.5. The van der Waals surface area contributed by atoms with E-state index in [0.717, 1.165) is 0 Å². The molecule has 0 bridgehead atoms. The van der Waals surface area contributed by atoms with Crippen LogP contribution in [0.25, 0.3) is 22.4 Å². The van der Waals surface area contributed by atoms with Gasteiger partial charge in [0.05, 0.1) is 22.7 Å². The number of Topliss-reactive ketones (excluding diaryl/α,β-unsaturated/α-hetero) is 1. The number of ketones is 1. The molecule has 1 saturated heterocycles. The van der Waals surface area contributed by atoms with Crippen LogP contribution in [0.2, 0.25) is 0 Å². The maximum atomic E-state index is 12.8. The summed E-state index contributed by atoms with van der Waals surface area (Å²) in [5, 5.41) is 4.56. The van der Waals surface area contributed by atoms with Crippen LogP contribution < -0.4 is 4.74 Å². The highest BCUT2D eigenvalue weighted by atomic mass is 32.2. The van der Waals surface area contributed by atoms with Gasteiger partial charge in [0, 0.05) is 41.9 Å². The van der Waals surface area contributed by atoms with Crippen molar-refractivity contribution in [2.45, 2.75) is 39.8 Å². The maximum absolute atomic E-state index is 12.8. The van der Waals surface area contributed by atoms with E-state index in [1.165, 1.54) is 24.5 Å². The number of carbonyl (C=O) groups is 1. The molecule has 11 heteroatoms. The summed E-state index contributed by atoms with van der Waals surface area (Å²) in [5.74, 6) is -0.246. The molecule has 32 heavy (non-hydrogen) atoms. The number of aromatic nitrogens is 4. The Morgan fingerprint density at radius 2 is 1.97 bits per heavy atom. The average Bonchev–Trinajstić information content (AvgIpc) is 3.05. The topological polar surface area (TPSA) is 104 Å². The van der Waals surface area contributed by atoms with Gasteiger partial charge in [-0.2, -0.15) is 13.9 Å². The third kappa shape index (κ3) is 4.34. The third-order valence-electron chi connectivity index (χ3n) is 5.28. The first kappa shape index (κ1) is 22.3. The second-order valence-electron chi connectivity index (χ2n) is 8.68. The number of nitrogens with zero attached hydrogens (tertiary/aromatic N) is 4. The molecular weight excluding hydrogens is 442 g/mol. The molecule has 0 spiro atoms. The van der Waals surface area contributed by atoms with Crippen molar-refractivity contribution in [1.82, 2.24) is 19.7 Å². The number of hydrogen-bond donors (Lipinski definition) is 0. The molecule has 1 aliphatic rings. The lowest BCUT2D eigenvalue weighted by Gasteiger charge is -2.37. The predicted molar refractivity (Wildman–Crippen MR) is 113 cm³/mol. The number of pyridine rings is 2. The van der Waals surface area contributed by atoms with Gasteiger partial charge in [-0.25, -0.2) is 8.42 Å². The molecule has 0 amide bonds. The highest BCUT2D eigenvalue weighted by molar-refractivity contribution is 7.92. The molecule has 0 unspecified atom stereocenters. The summed E-state index contributed by atoms with van der Waals surface area (Å²) in [7, 11) is -3.05. The van der Waals surface area contributed by atoms with Gasteiger partial charge in [0.25, 0.3) is 0 Å². The Kier molecular flexibility index (Phi) is 5.48. The molecule has 8 nitrogen and oxygen atoms in total. The van der Waals surface area contributed by atoms with Gasteiger partial charge in [-0.3, -0.25) is 19.4 Å². The number of hydrogen-bond acceptors (Lipinski definition) is 7. The minimum atomic E-state index is -3.05. The van der Waals surface area contributed by atoms with Crippen molar-refractivity contribution in [1.29, 1.82) is 0 Å². The Labute approximate surface area is 183 Å². The molecular formula is C21H22F2N4O4S. The lowest BCUT2D eigenvalue weighted by Crippen LogP contribution is -2.47. The monoisotopic (exact) mass is 464 g/mol. The minimum Gasteiger partial charge on any atom is -0.435 e. The number of rotatable bonds is 7. The summed E-state index contributed by atoms with van der Waals surface area (Å²) >= 11 is 0. The number of alkyl halides is 2. The standard InChI is InChI=1S/C21H22F2N4O4S/c1-12(2)27-16-6-13(17(28)8-21(3)10-32(29,30)11-21)9-25-19(16)18(26-27)15-7-14(4-5-24-15)31-20(22)23/h4-7,9,12,20H,8,10-11H2,1-3H3. The molecule has 0 radical (unpaired) electrons. The van der Waals surface area contributed by atoms with E-state index in [1.807, 2.05) is 13.8 Å². The SMILES string of the molecule is CC(C)n1nc(-c2cc(OC(F)F)ccn2)c2ncc(C(=O)CC3(C)CS(=O)(=O)C3)cc21. The molecule has 3 aromatic rings. The van der Waals surface area contributed by atoms with Crippen LogP contribution in [0.15, 0.2) is 30.6 Å². The van der Waals surface area contributed by atoms with E-state index in [2.05, 4.69) is 19.8 Å². The zero-order valence-electron chi connectivity index (χ0n) is 17.7. The fraction of sp³-hybridized carbons (Fsp3) is 0.429. The van der Waals surface area contributed by atoms with Crippen LogP contribution >= 0.6 is 0 Å². The summed E-state index contributed by atoms with van der Waals surface area (Å²) in [5.41, 5.74) is 1.54. The molecule has 0 saturated carbocycles. The second-order valence-corrected chi connectivity index (χ2v) is 10.7. The van der Waals surface area contributed by atoms with Gasteiger partial charge in [0.2, 0.25) is 0 Å². The Morgan fingerprint density at radius 1 is 1.25 bits per heavy atom. The van der Waals surface area contributed by atoms with Crippen LogP contribution in [0.4, 0.5) is 8.78 Å². The summed E-state index contributed by atoms with van der Waals surface area (Å²) in [6.07, 6.45) is 2.88. The van der Waals surface area contributed by atoms with E-state index in [1.54, 1.807) is 17.7 Å². The number of fused-ring (bicyclic) bond motifs is 1. The van der Waals surface area contributed by atoms with Gasteiger partial charge in [-0.1, -0.05) is 6.92 Å². The van der Waals surface area contributed by atoms with Crippen LogP contribution in [0.1, 0.15) is 43.6 Å². The lowest BCUT2D eigenvalue weighted by atomic mass is 9.86. The minimum absolute atomic E-state index is 0.00180. The number of sulfone groups is 1. The van der Waals surface area contributed by atoms with Crippen LogP contribution in [-0.4, -0.2) is 52.1 Å². The van der Waals surface area contributed by atoms with Gasteiger partial charge in [-0.15, -0.1) is 0 Å². The molecule has 4 heterocycles. The average molecular weight is 464 g/mol. The van der Waals surface area contributed by atoms with Crippen LogP contribution in [0.3, 0.4) is 0 Å². The molecule has 1 fully saturated rings. The van der Waals surface area contributed by atoms with Crippen LogP contribution in [0.5, 0.6) is 5.75 Å². The Bertz CT molecular complexity index is 1290. The van der Waals surface area contributed by atoms with E-state index in [4.69, 9.17) is 0 Å². The van der Waals surface area contributed by atoms with Gasteiger partial charge in [0.15, 0.2) is 15.6 Å². The summed E-state index contributed by atoms with van der Waals surface area (Å²) in [6, 6.07) is 4.28. The quantitative estimate of drug-likeness (QED) is 0.491. The van der Waals surface area contributed by atoms with E-state index in [-0.39, 0.29) is 35.5 Å². The van der Waals surface area contributed by atoms with E-state index in [0.29, 0.717) is 28.0 Å². The number of ether oxygens (including phenoxy) is 1. The van der Waals surface area contributed by atoms with Crippen LogP contribution in [-0.2, 0) is 9.84 Å². The highest BCUT2D eigenvalue weighted by Crippen LogP contribution is 2.37.